The second-order valence-electron chi connectivity index (χ2n) is 7.81. The monoisotopic (exact) mass is 407 g/mol. The van der Waals surface area contributed by atoms with E-state index in [1.54, 1.807) is 23.0 Å². The van der Waals surface area contributed by atoms with Crippen LogP contribution in [0, 0.1) is 6.92 Å². The second kappa shape index (κ2) is 7.82. The molecule has 2 aliphatic rings. The average molecular weight is 407 g/mol. The predicted octanol–water partition coefficient (Wildman–Crippen LogP) is 2.73. The Morgan fingerprint density at radius 1 is 1.07 bits per heavy atom. The molecule has 7 heteroatoms. The van der Waals surface area contributed by atoms with Crippen LogP contribution < -0.4 is 10.1 Å². The lowest BCUT2D eigenvalue weighted by molar-refractivity contribution is -0.129. The summed E-state index contributed by atoms with van der Waals surface area (Å²) in [6.07, 6.45) is 0.800. The molecule has 156 valence electrons. The van der Waals surface area contributed by atoms with Crippen molar-refractivity contribution < 1.29 is 19.1 Å². The van der Waals surface area contributed by atoms with Gasteiger partial charge in [-0.15, -0.1) is 0 Å². The van der Waals surface area contributed by atoms with Crippen LogP contribution in [0.4, 0.5) is 4.79 Å². The molecule has 1 N–H and O–H groups in total. The Kier molecular flexibility index (Phi) is 5.20. The van der Waals surface area contributed by atoms with Gasteiger partial charge in [0, 0.05) is 19.6 Å². The number of likely N-dealkylation sites (tertiary alicyclic amines) is 1. The fourth-order valence-electron chi connectivity index (χ4n) is 4.41. The number of nitrogens with zero attached hydrogens (tertiary/aromatic N) is 2. The SMILES string of the molecule is COc1cccc(C)c1C(=O)N1CCC2(CC1)C(=O)NC(=O)N2Cc1ccccc1. The zero-order valence-electron chi connectivity index (χ0n) is 17.2. The molecule has 4 rings (SSSR count). The highest BCUT2D eigenvalue weighted by Crippen LogP contribution is 2.35. The number of ether oxygens (including phenoxy) is 1. The summed E-state index contributed by atoms with van der Waals surface area (Å²) < 4.78 is 5.38. The maximum Gasteiger partial charge on any atom is 0.325 e. The van der Waals surface area contributed by atoms with E-state index in [4.69, 9.17) is 4.74 Å². The minimum absolute atomic E-state index is 0.112. The second-order valence-corrected chi connectivity index (χ2v) is 7.81. The first-order chi connectivity index (χ1) is 14.5. The van der Waals surface area contributed by atoms with Crippen molar-refractivity contribution in [2.45, 2.75) is 31.8 Å². The first-order valence-corrected chi connectivity index (χ1v) is 10.1. The summed E-state index contributed by atoms with van der Waals surface area (Å²) in [5.74, 6) is 0.155. The molecular formula is C23H25N3O4. The van der Waals surface area contributed by atoms with Crippen LogP contribution in [0.5, 0.6) is 5.75 Å². The first-order valence-electron chi connectivity index (χ1n) is 10.1. The Morgan fingerprint density at radius 2 is 1.77 bits per heavy atom. The zero-order valence-corrected chi connectivity index (χ0v) is 17.2. The molecular weight excluding hydrogens is 382 g/mol. The Balaban J connectivity index is 1.54. The van der Waals surface area contributed by atoms with E-state index in [1.165, 1.54) is 0 Å². The van der Waals surface area contributed by atoms with Crippen molar-refractivity contribution in [1.82, 2.24) is 15.1 Å². The van der Waals surface area contributed by atoms with Gasteiger partial charge in [-0.1, -0.05) is 42.5 Å². The molecule has 0 saturated carbocycles. The molecule has 0 atom stereocenters. The van der Waals surface area contributed by atoms with E-state index < -0.39 is 5.54 Å². The van der Waals surface area contributed by atoms with E-state index >= 15 is 0 Å². The molecule has 2 aromatic carbocycles. The van der Waals surface area contributed by atoms with Gasteiger partial charge < -0.3 is 14.5 Å². The van der Waals surface area contributed by atoms with E-state index in [-0.39, 0.29) is 17.8 Å². The van der Waals surface area contributed by atoms with Gasteiger partial charge in [0.05, 0.1) is 12.7 Å². The quantitative estimate of drug-likeness (QED) is 0.791. The molecule has 2 aliphatic heterocycles. The molecule has 0 radical (unpaired) electrons. The maximum absolute atomic E-state index is 13.2. The molecule has 0 aromatic heterocycles. The minimum atomic E-state index is -0.917. The number of rotatable bonds is 4. The number of methoxy groups -OCH3 is 1. The van der Waals surface area contributed by atoms with Gasteiger partial charge in [-0.2, -0.15) is 0 Å². The Labute approximate surface area is 175 Å². The molecule has 1 spiro atoms. The van der Waals surface area contributed by atoms with E-state index in [1.807, 2.05) is 49.4 Å². The van der Waals surface area contributed by atoms with Crippen LogP contribution >= 0.6 is 0 Å². The predicted molar refractivity (Wildman–Crippen MR) is 111 cm³/mol. The Hall–Kier alpha value is -3.35. The van der Waals surface area contributed by atoms with Crippen LogP contribution in [-0.2, 0) is 11.3 Å². The van der Waals surface area contributed by atoms with Crippen molar-refractivity contribution in [3.8, 4) is 5.75 Å². The fraction of sp³-hybridized carbons (Fsp3) is 0.348. The number of benzene rings is 2. The van der Waals surface area contributed by atoms with E-state index in [2.05, 4.69) is 5.32 Å². The highest BCUT2D eigenvalue weighted by molar-refractivity contribution is 6.07. The number of carbonyl (C=O) groups excluding carboxylic acids is 3. The summed E-state index contributed by atoms with van der Waals surface area (Å²) in [5, 5.41) is 2.48. The van der Waals surface area contributed by atoms with Crippen molar-refractivity contribution in [2.75, 3.05) is 20.2 Å². The molecule has 0 aliphatic carbocycles. The summed E-state index contributed by atoms with van der Waals surface area (Å²) in [4.78, 5) is 41.8. The fourth-order valence-corrected chi connectivity index (χ4v) is 4.41. The number of aryl methyl sites for hydroxylation is 1. The minimum Gasteiger partial charge on any atom is -0.496 e. The van der Waals surface area contributed by atoms with Gasteiger partial charge in [0.1, 0.15) is 11.3 Å². The summed E-state index contributed by atoms with van der Waals surface area (Å²) in [7, 11) is 1.55. The van der Waals surface area contributed by atoms with Crippen LogP contribution in [0.1, 0.15) is 34.3 Å². The molecule has 2 saturated heterocycles. The van der Waals surface area contributed by atoms with Crippen LogP contribution in [0.15, 0.2) is 48.5 Å². The molecule has 2 aromatic rings. The number of piperidine rings is 1. The molecule has 0 bridgehead atoms. The lowest BCUT2D eigenvalue weighted by atomic mass is 9.85. The number of amides is 4. The van der Waals surface area contributed by atoms with Crippen LogP contribution in [0.2, 0.25) is 0 Å². The number of urea groups is 1. The Bertz CT molecular complexity index is 981. The normalized spacial score (nSPS) is 17.9. The van der Waals surface area contributed by atoms with Gasteiger partial charge in [0.2, 0.25) is 0 Å². The van der Waals surface area contributed by atoms with Crippen molar-refractivity contribution in [3.63, 3.8) is 0 Å². The molecule has 30 heavy (non-hydrogen) atoms. The highest BCUT2D eigenvalue weighted by atomic mass is 16.5. The third kappa shape index (κ3) is 3.30. The Morgan fingerprint density at radius 3 is 2.43 bits per heavy atom. The third-order valence-electron chi connectivity index (χ3n) is 6.13. The molecule has 2 fully saturated rings. The van der Waals surface area contributed by atoms with Crippen molar-refractivity contribution in [1.29, 1.82) is 0 Å². The summed E-state index contributed by atoms with van der Waals surface area (Å²) in [6, 6.07) is 14.7. The van der Waals surface area contributed by atoms with Gasteiger partial charge in [0.25, 0.3) is 11.8 Å². The molecule has 4 amide bonds. The third-order valence-corrected chi connectivity index (χ3v) is 6.13. The van der Waals surface area contributed by atoms with Crippen molar-refractivity contribution in [3.05, 3.63) is 65.2 Å². The molecule has 7 nitrogen and oxygen atoms in total. The van der Waals surface area contributed by atoms with E-state index in [9.17, 15) is 14.4 Å². The number of nitrogens with one attached hydrogen (secondary N) is 1. The van der Waals surface area contributed by atoms with Gasteiger partial charge in [0.15, 0.2) is 0 Å². The highest BCUT2D eigenvalue weighted by Gasteiger charge is 2.54. The van der Waals surface area contributed by atoms with Gasteiger partial charge >= 0.3 is 6.03 Å². The largest absolute Gasteiger partial charge is 0.496 e. The smallest absolute Gasteiger partial charge is 0.325 e. The summed E-state index contributed by atoms with van der Waals surface area (Å²) in [5.41, 5.74) is 1.44. The first kappa shape index (κ1) is 19.9. The van der Waals surface area contributed by atoms with Gasteiger partial charge in [-0.3, -0.25) is 14.9 Å². The molecule has 2 heterocycles. The number of carbonyl (C=O) groups is 3. The van der Waals surface area contributed by atoms with Crippen LogP contribution in [0.3, 0.4) is 0 Å². The molecule has 0 unspecified atom stereocenters. The van der Waals surface area contributed by atoms with Gasteiger partial charge in [-0.05, 0) is 37.0 Å². The topological polar surface area (TPSA) is 79.0 Å². The summed E-state index contributed by atoms with van der Waals surface area (Å²) >= 11 is 0. The lowest BCUT2D eigenvalue weighted by Gasteiger charge is -2.42. The van der Waals surface area contributed by atoms with Crippen LogP contribution in [-0.4, -0.2) is 53.4 Å². The number of hydrogen-bond donors (Lipinski definition) is 1. The lowest BCUT2D eigenvalue weighted by Crippen LogP contribution is -2.57. The zero-order chi connectivity index (χ0) is 21.3. The van der Waals surface area contributed by atoms with Crippen LogP contribution in [0.25, 0.3) is 0 Å². The standard InChI is InChI=1S/C23H25N3O4/c1-16-7-6-10-18(30-2)19(16)20(27)25-13-11-23(12-14-25)21(28)24-22(29)26(23)15-17-8-4-3-5-9-17/h3-10H,11-15H2,1-2H3,(H,24,28,29). The van der Waals surface area contributed by atoms with Crippen molar-refractivity contribution >= 4 is 17.8 Å². The number of hydrogen-bond acceptors (Lipinski definition) is 4. The van der Waals surface area contributed by atoms with Gasteiger partial charge in [-0.25, -0.2) is 4.79 Å². The van der Waals surface area contributed by atoms with E-state index in [0.29, 0.717) is 43.8 Å². The van der Waals surface area contributed by atoms with E-state index in [0.717, 1.165) is 11.1 Å². The maximum atomic E-state index is 13.2. The van der Waals surface area contributed by atoms with Crippen molar-refractivity contribution in [2.24, 2.45) is 0 Å². The number of imide groups is 1. The average Bonchev–Trinajstić information content (AvgIpc) is 2.98. The summed E-state index contributed by atoms with van der Waals surface area (Å²) in [6.45, 7) is 3.02.